The summed E-state index contributed by atoms with van der Waals surface area (Å²) >= 11 is 0. The second-order valence-electron chi connectivity index (χ2n) is 8.83. The molecule has 0 radical (unpaired) electrons. The minimum atomic E-state index is 0.293. The summed E-state index contributed by atoms with van der Waals surface area (Å²) in [5.41, 5.74) is 3.96. The summed E-state index contributed by atoms with van der Waals surface area (Å²) in [6.07, 6.45) is 8.00. The highest BCUT2D eigenvalue weighted by molar-refractivity contribution is 5.83. The molecule has 1 aliphatic heterocycles. The Morgan fingerprint density at radius 3 is 2.51 bits per heavy atom. The zero-order chi connectivity index (χ0) is 24.2. The third-order valence-corrected chi connectivity index (χ3v) is 6.76. The molecule has 4 heterocycles. The number of anilines is 3. The molecule has 0 aliphatic carbocycles. The molecule has 9 heteroatoms. The quantitative estimate of drug-likeness (QED) is 0.355. The van der Waals surface area contributed by atoms with Crippen LogP contribution in [0.4, 0.5) is 17.3 Å². The summed E-state index contributed by atoms with van der Waals surface area (Å²) in [5, 5.41) is 4.33. The van der Waals surface area contributed by atoms with E-state index in [1.807, 2.05) is 6.20 Å². The number of hydrogen-bond acceptors (Lipinski definition) is 8. The maximum Gasteiger partial charge on any atom is 0.229 e. The molecule has 1 N–H and O–H groups in total. The van der Waals surface area contributed by atoms with Gasteiger partial charge in [-0.2, -0.15) is 4.98 Å². The van der Waals surface area contributed by atoms with Gasteiger partial charge in [-0.3, -0.25) is 4.90 Å². The minimum absolute atomic E-state index is 0.293. The highest BCUT2D eigenvalue weighted by atomic mass is 16.3. The number of benzene rings is 1. The molecule has 5 rings (SSSR count). The lowest BCUT2D eigenvalue weighted by Crippen LogP contribution is -2.46. The van der Waals surface area contributed by atoms with Gasteiger partial charge in [-0.15, -0.1) is 0 Å². The van der Waals surface area contributed by atoms with E-state index < -0.39 is 0 Å². The first-order chi connectivity index (χ1) is 17.2. The molecule has 1 saturated heterocycles. The number of aromatic nitrogens is 4. The molecule has 0 bridgehead atoms. The largest absolute Gasteiger partial charge is 0.442 e. The minimum Gasteiger partial charge on any atom is -0.442 e. The van der Waals surface area contributed by atoms with Crippen LogP contribution in [0.2, 0.25) is 0 Å². The lowest BCUT2D eigenvalue weighted by atomic mass is 10.1. The lowest BCUT2D eigenvalue weighted by Gasteiger charge is -2.35. The fraction of sp³-hybridized carbons (Fsp3) is 0.385. The van der Waals surface area contributed by atoms with Gasteiger partial charge >= 0.3 is 0 Å². The molecular formula is C26H31N7O2. The number of oxazole rings is 1. The van der Waals surface area contributed by atoms with Crippen LogP contribution >= 0.6 is 0 Å². The van der Waals surface area contributed by atoms with Gasteiger partial charge in [0.2, 0.25) is 5.95 Å². The van der Waals surface area contributed by atoms with Crippen molar-refractivity contribution in [2.45, 2.75) is 32.7 Å². The number of nitrogens with zero attached hydrogens (tertiary/aromatic N) is 6. The first-order valence-corrected chi connectivity index (χ1v) is 12.2. The second kappa shape index (κ2) is 10.3. The standard InChI is InChI=1S/C26H31N7O2/c1-3-21(4-2)33-23(24-17-27-18-35-24)15-19-16-28-26(30-25(19)33)29-20-5-7-22(8-6-20)32-11-9-31(10-12-32)13-14-34/h5-8,14-18,21H,3-4,9-13H2,1-2H3,(H,28,29,30). The molecule has 1 fully saturated rings. The first kappa shape index (κ1) is 23.0. The van der Waals surface area contributed by atoms with Crippen LogP contribution in [0.25, 0.3) is 22.5 Å². The molecule has 0 amide bonds. The van der Waals surface area contributed by atoms with Crippen LogP contribution in [0.15, 0.2) is 53.5 Å². The Hall–Kier alpha value is -3.72. The summed E-state index contributed by atoms with van der Waals surface area (Å²) in [5.74, 6) is 1.29. The molecule has 3 aromatic heterocycles. The summed E-state index contributed by atoms with van der Waals surface area (Å²) in [6.45, 7) is 8.53. The SMILES string of the molecule is CCC(CC)n1c(-c2cnco2)cc2cnc(Nc3ccc(N4CCN(CC=O)CC4)cc3)nc21. The Labute approximate surface area is 204 Å². The number of fused-ring (bicyclic) bond motifs is 1. The molecule has 0 atom stereocenters. The molecule has 4 aromatic rings. The summed E-state index contributed by atoms with van der Waals surface area (Å²) in [4.78, 5) is 28.8. The predicted molar refractivity (Wildman–Crippen MR) is 137 cm³/mol. The van der Waals surface area contributed by atoms with E-state index in [-0.39, 0.29) is 0 Å². The Morgan fingerprint density at radius 1 is 1.09 bits per heavy atom. The Kier molecular flexibility index (Phi) is 6.76. The van der Waals surface area contributed by atoms with Crippen LogP contribution in [0.1, 0.15) is 32.7 Å². The molecule has 0 saturated carbocycles. The van der Waals surface area contributed by atoms with Crippen molar-refractivity contribution in [3.63, 3.8) is 0 Å². The van der Waals surface area contributed by atoms with Crippen LogP contribution < -0.4 is 10.2 Å². The third kappa shape index (κ3) is 4.77. The van der Waals surface area contributed by atoms with Crippen molar-refractivity contribution in [2.24, 2.45) is 0 Å². The normalized spacial score (nSPS) is 14.7. The number of carbonyl (C=O) groups excluding carboxylic acids is 1. The summed E-state index contributed by atoms with van der Waals surface area (Å²) < 4.78 is 7.86. The highest BCUT2D eigenvalue weighted by Crippen LogP contribution is 2.33. The number of aldehydes is 1. The predicted octanol–water partition coefficient (Wildman–Crippen LogP) is 4.51. The number of hydrogen-bond donors (Lipinski definition) is 1. The lowest BCUT2D eigenvalue weighted by molar-refractivity contribution is -0.108. The zero-order valence-corrected chi connectivity index (χ0v) is 20.2. The van der Waals surface area contributed by atoms with Crippen molar-refractivity contribution in [1.82, 2.24) is 24.4 Å². The average molecular weight is 474 g/mol. The summed E-state index contributed by atoms with van der Waals surface area (Å²) in [7, 11) is 0. The van der Waals surface area contributed by atoms with E-state index in [1.54, 1.807) is 6.20 Å². The molecule has 0 unspecified atom stereocenters. The first-order valence-electron chi connectivity index (χ1n) is 12.2. The van der Waals surface area contributed by atoms with Gasteiger partial charge in [0.05, 0.1) is 18.4 Å². The van der Waals surface area contributed by atoms with Crippen LogP contribution in [-0.2, 0) is 4.79 Å². The van der Waals surface area contributed by atoms with Gasteiger partial charge in [-0.1, -0.05) is 13.8 Å². The monoisotopic (exact) mass is 473 g/mol. The third-order valence-electron chi connectivity index (χ3n) is 6.76. The topological polar surface area (TPSA) is 92.3 Å². The fourth-order valence-electron chi connectivity index (χ4n) is 4.80. The number of carbonyl (C=O) groups is 1. The van der Waals surface area contributed by atoms with E-state index in [9.17, 15) is 4.79 Å². The van der Waals surface area contributed by atoms with Crippen molar-refractivity contribution in [2.75, 3.05) is 42.9 Å². The van der Waals surface area contributed by atoms with Gasteiger partial charge in [0.15, 0.2) is 12.2 Å². The van der Waals surface area contributed by atoms with Crippen LogP contribution in [0, 0.1) is 0 Å². The Balaban J connectivity index is 1.37. The van der Waals surface area contributed by atoms with Crippen molar-refractivity contribution in [1.29, 1.82) is 0 Å². The number of rotatable bonds is 9. The molecule has 1 aromatic carbocycles. The Morgan fingerprint density at radius 2 is 1.86 bits per heavy atom. The summed E-state index contributed by atoms with van der Waals surface area (Å²) in [6, 6.07) is 10.7. The van der Waals surface area contributed by atoms with E-state index in [1.165, 1.54) is 12.1 Å². The van der Waals surface area contributed by atoms with Gasteiger partial charge in [0, 0.05) is 55.2 Å². The molecule has 182 valence electrons. The maximum atomic E-state index is 10.7. The van der Waals surface area contributed by atoms with Crippen molar-refractivity contribution in [3.8, 4) is 11.5 Å². The zero-order valence-electron chi connectivity index (χ0n) is 20.2. The van der Waals surface area contributed by atoms with Gasteiger partial charge < -0.3 is 24.0 Å². The molecule has 0 spiro atoms. The van der Waals surface area contributed by atoms with Gasteiger partial charge in [0.1, 0.15) is 11.9 Å². The molecular weight excluding hydrogens is 442 g/mol. The number of nitrogens with one attached hydrogen (secondary N) is 1. The van der Waals surface area contributed by atoms with Crippen molar-refractivity contribution >= 4 is 34.6 Å². The average Bonchev–Trinajstić information content (AvgIpc) is 3.55. The highest BCUT2D eigenvalue weighted by Gasteiger charge is 2.20. The van der Waals surface area contributed by atoms with Crippen LogP contribution in [-0.4, -0.2) is 63.4 Å². The second-order valence-corrected chi connectivity index (χ2v) is 8.83. The van der Waals surface area contributed by atoms with E-state index in [4.69, 9.17) is 9.40 Å². The smallest absolute Gasteiger partial charge is 0.229 e. The van der Waals surface area contributed by atoms with Crippen molar-refractivity contribution in [3.05, 3.63) is 49.1 Å². The van der Waals surface area contributed by atoms with Crippen LogP contribution in [0.3, 0.4) is 0 Å². The fourth-order valence-corrected chi connectivity index (χ4v) is 4.80. The molecule has 35 heavy (non-hydrogen) atoms. The molecule has 1 aliphatic rings. The van der Waals surface area contributed by atoms with Gasteiger partial charge in [0.25, 0.3) is 0 Å². The van der Waals surface area contributed by atoms with E-state index in [2.05, 4.69) is 73.8 Å². The Bertz CT molecular complexity index is 1260. The van der Waals surface area contributed by atoms with Gasteiger partial charge in [-0.05, 0) is 43.2 Å². The van der Waals surface area contributed by atoms with Gasteiger partial charge in [-0.25, -0.2) is 9.97 Å². The van der Waals surface area contributed by atoms with Crippen LogP contribution in [0.5, 0.6) is 0 Å². The van der Waals surface area contributed by atoms with Crippen molar-refractivity contribution < 1.29 is 9.21 Å². The van der Waals surface area contributed by atoms with E-state index >= 15 is 0 Å². The maximum absolute atomic E-state index is 10.7. The number of piperazine rings is 1. The van der Waals surface area contributed by atoms with E-state index in [0.717, 1.165) is 73.5 Å². The van der Waals surface area contributed by atoms with E-state index in [0.29, 0.717) is 18.5 Å². The molecule has 9 nitrogen and oxygen atoms in total.